The van der Waals surface area contributed by atoms with Crippen molar-refractivity contribution in [1.82, 2.24) is 20.3 Å². The van der Waals surface area contributed by atoms with Gasteiger partial charge in [0.25, 0.3) is 0 Å². The number of hydrogen-bond acceptors (Lipinski definition) is 7. The first-order chi connectivity index (χ1) is 11.6. The van der Waals surface area contributed by atoms with Crippen LogP contribution in [0.25, 0.3) is 22.2 Å². The zero-order valence-corrected chi connectivity index (χ0v) is 14.9. The van der Waals surface area contributed by atoms with Crippen molar-refractivity contribution in [3.8, 4) is 11.1 Å². The first-order valence-corrected chi connectivity index (χ1v) is 8.07. The highest BCUT2D eigenvalue weighted by molar-refractivity contribution is 7.80. The average Bonchev–Trinajstić information content (AvgIpc) is 2.58. The van der Waals surface area contributed by atoms with Gasteiger partial charge < -0.3 is 16.4 Å². The van der Waals surface area contributed by atoms with Crippen LogP contribution < -0.4 is 16.4 Å². The van der Waals surface area contributed by atoms with Crippen LogP contribution in [-0.2, 0) is 0 Å². The molecular formula is C17H22N6S. The number of thiol groups is 1. The van der Waals surface area contributed by atoms with Crippen LogP contribution in [0, 0.1) is 0 Å². The number of pyridine rings is 1. The van der Waals surface area contributed by atoms with E-state index in [-0.39, 0.29) is 0 Å². The van der Waals surface area contributed by atoms with Gasteiger partial charge in [-0.05, 0) is 44.8 Å². The van der Waals surface area contributed by atoms with Gasteiger partial charge in [0.1, 0.15) is 11.6 Å². The van der Waals surface area contributed by atoms with Gasteiger partial charge in [0.2, 0.25) is 0 Å². The number of nitrogen functional groups attached to an aromatic ring is 1. The summed E-state index contributed by atoms with van der Waals surface area (Å²) in [6.45, 7) is 2.83. The molecule has 7 heteroatoms. The quantitative estimate of drug-likeness (QED) is 0.547. The number of fused-ring (bicyclic) bond motifs is 1. The predicted octanol–water partition coefficient (Wildman–Crippen LogP) is 2.83. The first-order valence-electron chi connectivity index (χ1n) is 7.63. The summed E-state index contributed by atoms with van der Waals surface area (Å²) in [7, 11) is 3.75. The summed E-state index contributed by atoms with van der Waals surface area (Å²) >= 11 is 4.31. The molecule has 2 heterocycles. The molecule has 2 aromatic heterocycles. The van der Waals surface area contributed by atoms with E-state index >= 15 is 0 Å². The van der Waals surface area contributed by atoms with E-state index < -0.39 is 0 Å². The molecule has 3 rings (SSSR count). The van der Waals surface area contributed by atoms with Crippen LogP contribution in [0.1, 0.15) is 6.92 Å². The Morgan fingerprint density at radius 3 is 2.46 bits per heavy atom. The molecule has 24 heavy (non-hydrogen) atoms. The molecule has 0 aliphatic heterocycles. The minimum absolute atomic E-state index is 0.428. The van der Waals surface area contributed by atoms with Gasteiger partial charge in [-0.3, -0.25) is 4.98 Å². The van der Waals surface area contributed by atoms with E-state index in [0.29, 0.717) is 10.7 Å². The van der Waals surface area contributed by atoms with Gasteiger partial charge in [-0.25, -0.2) is 9.97 Å². The monoisotopic (exact) mass is 342 g/mol. The Hall–Kier alpha value is -2.38. The van der Waals surface area contributed by atoms with Crippen molar-refractivity contribution in [2.75, 3.05) is 31.7 Å². The molecule has 1 aromatic carbocycles. The molecule has 6 nitrogen and oxygen atoms in total. The lowest BCUT2D eigenvalue weighted by molar-refractivity contribution is 1.02. The van der Waals surface area contributed by atoms with Crippen LogP contribution in [0.15, 0.2) is 41.6 Å². The second-order valence-corrected chi connectivity index (χ2v) is 5.60. The molecular weight excluding hydrogens is 320 g/mol. The van der Waals surface area contributed by atoms with Gasteiger partial charge in [0.15, 0.2) is 0 Å². The van der Waals surface area contributed by atoms with E-state index in [1.165, 1.54) is 0 Å². The van der Waals surface area contributed by atoms with Gasteiger partial charge in [-0.15, -0.1) is 12.6 Å². The zero-order chi connectivity index (χ0) is 17.5. The lowest BCUT2D eigenvalue weighted by atomic mass is 10.1. The highest BCUT2D eigenvalue weighted by Crippen LogP contribution is 2.26. The summed E-state index contributed by atoms with van der Waals surface area (Å²) in [4.78, 5) is 13.7. The fourth-order valence-electron chi connectivity index (χ4n) is 2.08. The lowest BCUT2D eigenvalue weighted by Crippen LogP contribution is -2.00. The summed E-state index contributed by atoms with van der Waals surface area (Å²) in [5, 5.41) is 5.91. The number of rotatable bonds is 3. The summed E-state index contributed by atoms with van der Waals surface area (Å²) in [6.07, 6.45) is 3.47. The lowest BCUT2D eigenvalue weighted by Gasteiger charge is -2.07. The molecule has 0 spiro atoms. The van der Waals surface area contributed by atoms with Crippen LogP contribution >= 0.6 is 12.6 Å². The Morgan fingerprint density at radius 1 is 1.04 bits per heavy atom. The van der Waals surface area contributed by atoms with Crippen LogP contribution in [0.2, 0.25) is 0 Å². The number of nitrogens with zero attached hydrogens (tertiary/aromatic N) is 3. The van der Waals surface area contributed by atoms with Crippen LogP contribution in [0.4, 0.5) is 11.6 Å². The fraction of sp³-hybridized carbons (Fsp3) is 0.235. The molecule has 0 atom stereocenters. The van der Waals surface area contributed by atoms with Crippen molar-refractivity contribution in [2.24, 2.45) is 0 Å². The Bertz CT molecular complexity index is 821. The molecule has 0 bridgehead atoms. The molecule has 0 amide bonds. The van der Waals surface area contributed by atoms with E-state index in [0.717, 1.165) is 34.5 Å². The second kappa shape index (κ2) is 8.47. The number of nitrogens with two attached hydrogens (primary N) is 1. The smallest absolute Gasteiger partial charge is 0.145 e. The average molecular weight is 342 g/mol. The van der Waals surface area contributed by atoms with Gasteiger partial charge in [0.05, 0.1) is 17.2 Å². The highest BCUT2D eigenvalue weighted by atomic mass is 32.1. The van der Waals surface area contributed by atoms with E-state index in [9.17, 15) is 0 Å². The van der Waals surface area contributed by atoms with E-state index in [1.807, 2.05) is 45.3 Å². The summed E-state index contributed by atoms with van der Waals surface area (Å²) < 4.78 is 0. The maximum absolute atomic E-state index is 5.69. The Kier molecular flexibility index (Phi) is 6.34. The summed E-state index contributed by atoms with van der Waals surface area (Å²) in [6, 6.07) is 7.82. The standard InChI is InChI=1S/C15H15N5S.C2H7N/c1-2-17-14-8-18-11-4-3-9(5-12(11)20-14)10-6-13(21)15(16)19-7-10;1-3-2/h3-8,21H,2H2,1H3,(H2,16,19)(H,17,20);3H,1-2H3. The molecule has 0 aliphatic carbocycles. The van der Waals surface area contributed by atoms with Gasteiger partial charge in [0, 0.05) is 23.2 Å². The summed E-state index contributed by atoms with van der Waals surface area (Å²) in [5.41, 5.74) is 9.34. The van der Waals surface area contributed by atoms with Crippen molar-refractivity contribution < 1.29 is 0 Å². The van der Waals surface area contributed by atoms with Crippen molar-refractivity contribution in [3.05, 3.63) is 36.7 Å². The topological polar surface area (TPSA) is 88.8 Å². The molecule has 4 N–H and O–H groups in total. The Balaban J connectivity index is 0.000000647. The number of aromatic nitrogens is 3. The number of benzene rings is 1. The third-order valence-corrected chi connectivity index (χ3v) is 3.49. The van der Waals surface area contributed by atoms with E-state index in [1.54, 1.807) is 12.4 Å². The first kappa shape index (κ1) is 18.0. The Labute approximate surface area is 147 Å². The molecule has 0 saturated carbocycles. The molecule has 0 fully saturated rings. The maximum Gasteiger partial charge on any atom is 0.145 e. The third-order valence-electron chi connectivity index (χ3n) is 3.13. The number of nitrogens with one attached hydrogen (secondary N) is 2. The minimum atomic E-state index is 0.428. The van der Waals surface area contributed by atoms with E-state index in [4.69, 9.17) is 5.73 Å². The number of hydrogen-bond donors (Lipinski definition) is 4. The second-order valence-electron chi connectivity index (χ2n) is 5.12. The van der Waals surface area contributed by atoms with Crippen LogP contribution in [0.5, 0.6) is 0 Å². The van der Waals surface area contributed by atoms with E-state index in [2.05, 4.69) is 38.2 Å². The van der Waals surface area contributed by atoms with Crippen LogP contribution in [-0.4, -0.2) is 35.6 Å². The molecule has 0 unspecified atom stereocenters. The van der Waals surface area contributed by atoms with Crippen molar-refractivity contribution >= 4 is 35.3 Å². The van der Waals surface area contributed by atoms with Crippen molar-refractivity contribution in [1.29, 1.82) is 0 Å². The molecule has 0 saturated heterocycles. The molecule has 3 aromatic rings. The molecule has 126 valence electrons. The third kappa shape index (κ3) is 4.33. The molecule has 0 aliphatic rings. The van der Waals surface area contributed by atoms with Gasteiger partial charge in [-0.1, -0.05) is 6.07 Å². The maximum atomic E-state index is 5.69. The predicted molar refractivity (Wildman–Crippen MR) is 104 cm³/mol. The summed E-state index contributed by atoms with van der Waals surface area (Å²) in [5.74, 6) is 1.20. The SMILES string of the molecule is CCNc1cnc2ccc(-c3cnc(N)c(S)c3)cc2n1.CNC. The highest BCUT2D eigenvalue weighted by Gasteiger charge is 2.05. The Morgan fingerprint density at radius 2 is 1.79 bits per heavy atom. The molecule has 0 radical (unpaired) electrons. The normalized spacial score (nSPS) is 10.2. The minimum Gasteiger partial charge on any atom is -0.383 e. The van der Waals surface area contributed by atoms with Gasteiger partial charge >= 0.3 is 0 Å². The van der Waals surface area contributed by atoms with Crippen molar-refractivity contribution in [3.63, 3.8) is 0 Å². The zero-order valence-electron chi connectivity index (χ0n) is 14.0. The number of anilines is 2. The largest absolute Gasteiger partial charge is 0.383 e. The van der Waals surface area contributed by atoms with Crippen molar-refractivity contribution in [2.45, 2.75) is 11.8 Å². The fourth-order valence-corrected chi connectivity index (χ4v) is 2.28. The van der Waals surface area contributed by atoms with Gasteiger partial charge in [-0.2, -0.15) is 0 Å². The van der Waals surface area contributed by atoms with Crippen LogP contribution in [0.3, 0.4) is 0 Å².